The molecule has 0 saturated heterocycles. The fourth-order valence-corrected chi connectivity index (χ4v) is 3.36. The Kier molecular flexibility index (Phi) is 4.51. The molecule has 3 unspecified atom stereocenters. The van der Waals surface area contributed by atoms with E-state index in [0.717, 1.165) is 12.3 Å². The summed E-state index contributed by atoms with van der Waals surface area (Å²) in [5.74, 6) is 1.63. The summed E-state index contributed by atoms with van der Waals surface area (Å²) in [6.07, 6.45) is 3.67. The molecule has 106 valence electrons. The summed E-state index contributed by atoms with van der Waals surface area (Å²) in [7, 11) is 1.74. The van der Waals surface area contributed by atoms with E-state index in [-0.39, 0.29) is 0 Å². The van der Waals surface area contributed by atoms with Crippen LogP contribution >= 0.6 is 0 Å². The SMILES string of the molecule is CCCNC1CC(c2cccc(OC)c2)C1(C)CC. The lowest BCUT2D eigenvalue weighted by Crippen LogP contribution is -2.56. The van der Waals surface area contributed by atoms with Gasteiger partial charge in [-0.05, 0) is 54.8 Å². The highest BCUT2D eigenvalue weighted by atomic mass is 16.5. The molecule has 0 radical (unpaired) electrons. The molecule has 1 aromatic rings. The second kappa shape index (κ2) is 5.96. The first-order chi connectivity index (χ1) is 9.15. The molecule has 19 heavy (non-hydrogen) atoms. The Morgan fingerprint density at radius 2 is 2.16 bits per heavy atom. The van der Waals surface area contributed by atoms with E-state index in [1.165, 1.54) is 24.8 Å². The summed E-state index contributed by atoms with van der Waals surface area (Å²) >= 11 is 0. The molecule has 0 bridgehead atoms. The van der Waals surface area contributed by atoms with Crippen LogP contribution in [0.3, 0.4) is 0 Å². The van der Waals surface area contributed by atoms with Gasteiger partial charge in [0.2, 0.25) is 0 Å². The smallest absolute Gasteiger partial charge is 0.119 e. The first-order valence-electron chi connectivity index (χ1n) is 7.53. The van der Waals surface area contributed by atoms with Gasteiger partial charge in [0, 0.05) is 6.04 Å². The minimum Gasteiger partial charge on any atom is -0.497 e. The van der Waals surface area contributed by atoms with Gasteiger partial charge in [0.15, 0.2) is 0 Å². The van der Waals surface area contributed by atoms with E-state index in [1.807, 2.05) is 6.07 Å². The Morgan fingerprint density at radius 3 is 2.79 bits per heavy atom. The molecular formula is C17H27NO. The molecule has 1 N–H and O–H groups in total. The van der Waals surface area contributed by atoms with Crippen LogP contribution in [0.5, 0.6) is 5.75 Å². The predicted octanol–water partition coefficient (Wildman–Crippen LogP) is 3.97. The van der Waals surface area contributed by atoms with Gasteiger partial charge in [0.25, 0.3) is 0 Å². The summed E-state index contributed by atoms with van der Waals surface area (Å²) in [5.41, 5.74) is 1.81. The Balaban J connectivity index is 2.13. The van der Waals surface area contributed by atoms with Crippen LogP contribution in [0.4, 0.5) is 0 Å². The van der Waals surface area contributed by atoms with Crippen LogP contribution in [0.15, 0.2) is 24.3 Å². The van der Waals surface area contributed by atoms with Gasteiger partial charge in [-0.3, -0.25) is 0 Å². The van der Waals surface area contributed by atoms with Crippen LogP contribution in [-0.2, 0) is 0 Å². The third-order valence-electron chi connectivity index (χ3n) is 4.96. The molecule has 1 aromatic carbocycles. The van der Waals surface area contributed by atoms with Crippen molar-refractivity contribution in [1.82, 2.24) is 5.32 Å². The molecule has 3 atom stereocenters. The molecular weight excluding hydrogens is 234 g/mol. The zero-order valence-corrected chi connectivity index (χ0v) is 12.7. The molecule has 2 rings (SSSR count). The third kappa shape index (κ3) is 2.64. The van der Waals surface area contributed by atoms with E-state index < -0.39 is 0 Å². The zero-order valence-electron chi connectivity index (χ0n) is 12.7. The van der Waals surface area contributed by atoms with Gasteiger partial charge < -0.3 is 10.1 Å². The molecule has 1 aliphatic rings. The van der Waals surface area contributed by atoms with Crippen molar-refractivity contribution in [1.29, 1.82) is 0 Å². The monoisotopic (exact) mass is 261 g/mol. The molecule has 1 saturated carbocycles. The topological polar surface area (TPSA) is 21.3 Å². The number of hydrogen-bond acceptors (Lipinski definition) is 2. The molecule has 0 spiro atoms. The highest BCUT2D eigenvalue weighted by Gasteiger charge is 2.50. The van der Waals surface area contributed by atoms with Gasteiger partial charge in [0.1, 0.15) is 5.75 Å². The van der Waals surface area contributed by atoms with Crippen LogP contribution in [0.1, 0.15) is 51.5 Å². The van der Waals surface area contributed by atoms with Crippen molar-refractivity contribution >= 4 is 0 Å². The number of ether oxygens (including phenoxy) is 1. The number of benzene rings is 1. The lowest BCUT2D eigenvalue weighted by Gasteiger charge is -2.55. The Labute approximate surface area is 117 Å². The van der Waals surface area contributed by atoms with Gasteiger partial charge in [-0.25, -0.2) is 0 Å². The molecule has 2 nitrogen and oxygen atoms in total. The minimum atomic E-state index is 0.377. The normalized spacial score (nSPS) is 29.9. The highest BCUT2D eigenvalue weighted by molar-refractivity contribution is 5.34. The first-order valence-corrected chi connectivity index (χ1v) is 7.53. The first kappa shape index (κ1) is 14.4. The number of hydrogen-bond donors (Lipinski definition) is 1. The maximum Gasteiger partial charge on any atom is 0.119 e. The highest BCUT2D eigenvalue weighted by Crippen LogP contribution is 2.55. The predicted molar refractivity (Wildman–Crippen MR) is 80.8 cm³/mol. The van der Waals surface area contributed by atoms with Crippen LogP contribution < -0.4 is 10.1 Å². The summed E-state index contributed by atoms with van der Waals surface area (Å²) < 4.78 is 5.35. The van der Waals surface area contributed by atoms with E-state index >= 15 is 0 Å². The molecule has 0 heterocycles. The van der Waals surface area contributed by atoms with Gasteiger partial charge >= 0.3 is 0 Å². The quantitative estimate of drug-likeness (QED) is 0.836. The summed E-state index contributed by atoms with van der Waals surface area (Å²) in [6.45, 7) is 8.10. The van der Waals surface area contributed by atoms with Gasteiger partial charge in [0.05, 0.1) is 7.11 Å². The van der Waals surface area contributed by atoms with Crippen molar-refractivity contribution in [3.8, 4) is 5.75 Å². The van der Waals surface area contributed by atoms with Crippen LogP contribution in [0, 0.1) is 5.41 Å². The Hall–Kier alpha value is -1.02. The second-order valence-electron chi connectivity index (χ2n) is 5.93. The minimum absolute atomic E-state index is 0.377. The summed E-state index contributed by atoms with van der Waals surface area (Å²) in [6, 6.07) is 9.25. The molecule has 0 aliphatic heterocycles. The molecule has 2 heteroatoms. The van der Waals surface area contributed by atoms with Crippen molar-refractivity contribution < 1.29 is 4.74 Å². The maximum absolute atomic E-state index is 5.35. The lowest BCUT2D eigenvalue weighted by molar-refractivity contribution is 0.0444. The lowest BCUT2D eigenvalue weighted by atomic mass is 9.54. The fourth-order valence-electron chi connectivity index (χ4n) is 3.36. The number of rotatable bonds is 6. The van der Waals surface area contributed by atoms with Crippen LogP contribution in [0.25, 0.3) is 0 Å². The van der Waals surface area contributed by atoms with Gasteiger partial charge in [-0.2, -0.15) is 0 Å². The maximum atomic E-state index is 5.35. The molecule has 1 fully saturated rings. The van der Waals surface area contributed by atoms with Crippen molar-refractivity contribution in [2.75, 3.05) is 13.7 Å². The standard InChI is InChI=1S/C17H27NO/c1-5-10-18-16-12-15(17(16,3)6-2)13-8-7-9-14(11-13)19-4/h7-9,11,15-16,18H,5-6,10,12H2,1-4H3. The van der Waals surface area contributed by atoms with Crippen LogP contribution in [0.2, 0.25) is 0 Å². The molecule has 0 amide bonds. The number of nitrogens with one attached hydrogen (secondary N) is 1. The average Bonchev–Trinajstić information content (AvgIpc) is 2.45. The van der Waals surface area contributed by atoms with E-state index in [0.29, 0.717) is 17.4 Å². The van der Waals surface area contributed by atoms with Crippen molar-refractivity contribution in [2.45, 2.75) is 52.0 Å². The van der Waals surface area contributed by atoms with Crippen LogP contribution in [-0.4, -0.2) is 19.7 Å². The van der Waals surface area contributed by atoms with E-state index in [2.05, 4.69) is 44.3 Å². The van der Waals surface area contributed by atoms with E-state index in [1.54, 1.807) is 7.11 Å². The van der Waals surface area contributed by atoms with Crippen molar-refractivity contribution in [3.05, 3.63) is 29.8 Å². The summed E-state index contributed by atoms with van der Waals surface area (Å²) in [4.78, 5) is 0. The van der Waals surface area contributed by atoms with Crippen molar-refractivity contribution in [3.63, 3.8) is 0 Å². The van der Waals surface area contributed by atoms with Gasteiger partial charge in [-0.15, -0.1) is 0 Å². The average molecular weight is 261 g/mol. The molecule has 1 aliphatic carbocycles. The van der Waals surface area contributed by atoms with E-state index in [4.69, 9.17) is 4.74 Å². The molecule has 0 aromatic heterocycles. The second-order valence-corrected chi connectivity index (χ2v) is 5.93. The van der Waals surface area contributed by atoms with E-state index in [9.17, 15) is 0 Å². The van der Waals surface area contributed by atoms with Crippen molar-refractivity contribution in [2.24, 2.45) is 5.41 Å². The largest absolute Gasteiger partial charge is 0.497 e. The number of methoxy groups -OCH3 is 1. The third-order valence-corrected chi connectivity index (χ3v) is 4.96. The Morgan fingerprint density at radius 1 is 1.37 bits per heavy atom. The Bertz CT molecular complexity index is 417. The zero-order chi connectivity index (χ0) is 13.9. The van der Waals surface area contributed by atoms with Gasteiger partial charge in [-0.1, -0.05) is 32.9 Å². The summed E-state index contributed by atoms with van der Waals surface area (Å²) in [5, 5.41) is 3.71. The fraction of sp³-hybridized carbons (Fsp3) is 0.647.